The summed E-state index contributed by atoms with van der Waals surface area (Å²) in [6.07, 6.45) is 0. The van der Waals surface area contributed by atoms with Crippen molar-refractivity contribution in [2.45, 2.75) is 12.7 Å². The van der Waals surface area contributed by atoms with Crippen LogP contribution >= 0.6 is 0 Å². The normalized spacial score (nSPS) is 12.1. The zero-order valence-electron chi connectivity index (χ0n) is 16.4. The van der Waals surface area contributed by atoms with E-state index in [-0.39, 0.29) is 11.7 Å². The Balaban J connectivity index is 0.000000553. The second-order valence-electron chi connectivity index (χ2n) is 6.10. The molecular formula is C19H26N4O6S. The summed E-state index contributed by atoms with van der Waals surface area (Å²) < 4.78 is 38.9. The Morgan fingerprint density at radius 2 is 1.40 bits per heavy atom. The maximum absolute atomic E-state index is 9.63. The first-order valence-corrected chi connectivity index (χ1v) is 10.3. The molecule has 11 heteroatoms. The summed E-state index contributed by atoms with van der Waals surface area (Å²) in [6.45, 7) is 1.11. The number of hydrogen-bond donors (Lipinski definition) is 6. The third-order valence-corrected chi connectivity index (χ3v) is 4.49. The first kappa shape index (κ1) is 24.9. The highest BCUT2D eigenvalue weighted by Gasteiger charge is 2.47. The van der Waals surface area contributed by atoms with Gasteiger partial charge in [0.1, 0.15) is 17.3 Å². The van der Waals surface area contributed by atoms with Crippen LogP contribution in [-0.2, 0) is 10.1 Å². The number of aliphatic hydroxyl groups excluding tert-OH is 1. The van der Waals surface area contributed by atoms with Crippen LogP contribution in [0.25, 0.3) is 0 Å². The van der Waals surface area contributed by atoms with Gasteiger partial charge in [0, 0.05) is 0 Å². The van der Waals surface area contributed by atoms with Crippen molar-refractivity contribution in [1.29, 1.82) is 10.8 Å². The summed E-state index contributed by atoms with van der Waals surface area (Å²) in [4.78, 5) is 0. The molecule has 0 spiro atoms. The highest BCUT2D eigenvalue weighted by Crippen LogP contribution is 2.29. The maximum atomic E-state index is 9.63. The van der Waals surface area contributed by atoms with Crippen LogP contribution < -0.4 is 20.9 Å². The Labute approximate surface area is 175 Å². The zero-order chi connectivity index (χ0) is 22.8. The van der Waals surface area contributed by atoms with Gasteiger partial charge in [-0.1, -0.05) is 36.4 Å². The predicted molar refractivity (Wildman–Crippen MR) is 113 cm³/mol. The summed E-state index contributed by atoms with van der Waals surface area (Å²) in [6, 6.07) is 17.7. The minimum atomic E-state index is -3.92. The number of amidine groups is 2. The number of para-hydroxylation sites is 2. The highest BCUT2D eigenvalue weighted by molar-refractivity contribution is 7.85. The minimum absolute atomic E-state index is 0.188. The fourth-order valence-corrected chi connectivity index (χ4v) is 2.42. The van der Waals surface area contributed by atoms with Crippen molar-refractivity contribution in [3.05, 3.63) is 60.7 Å². The van der Waals surface area contributed by atoms with Crippen molar-refractivity contribution in [2.75, 3.05) is 12.4 Å². The van der Waals surface area contributed by atoms with Gasteiger partial charge in [-0.15, -0.1) is 0 Å². The van der Waals surface area contributed by atoms with Gasteiger partial charge in [0.15, 0.2) is 5.84 Å². The molecule has 2 aromatic rings. The molecular weight excluding hydrogens is 412 g/mol. The molecule has 164 valence electrons. The lowest BCUT2D eigenvalue weighted by Gasteiger charge is -2.37. The summed E-state index contributed by atoms with van der Waals surface area (Å²) in [7, 11) is -3.92. The van der Waals surface area contributed by atoms with Crippen molar-refractivity contribution in [3.63, 3.8) is 0 Å². The second kappa shape index (κ2) is 11.1. The molecule has 2 aromatic carbocycles. The third-order valence-electron chi connectivity index (χ3n) is 3.79. The largest absolute Gasteiger partial charge is 0.445 e. The van der Waals surface area contributed by atoms with Gasteiger partial charge in [-0.05, 0) is 31.2 Å². The van der Waals surface area contributed by atoms with E-state index in [2.05, 4.69) is 0 Å². The number of hydrogen-bond acceptors (Lipinski definition) is 7. The van der Waals surface area contributed by atoms with Gasteiger partial charge in [0.2, 0.25) is 0 Å². The standard InChI is InChI=1S/C17H20N4O2.C2H6O4S/c1-12(15(18)19)17(16(20)21,22-13-8-4-2-5-9-13)23-14-10-6-3-7-11-14;3-1-2-7(4,5)6/h2-12H,1H3,(H3,18,19)(H3,20,21);3H,1-2H2,(H,4,5,6). The molecule has 0 radical (unpaired) electrons. The van der Waals surface area contributed by atoms with E-state index in [1.165, 1.54) is 0 Å². The monoisotopic (exact) mass is 438 g/mol. The van der Waals surface area contributed by atoms with E-state index in [0.29, 0.717) is 11.5 Å². The van der Waals surface area contributed by atoms with Gasteiger partial charge < -0.3 is 26.0 Å². The average molecular weight is 439 g/mol. The molecule has 30 heavy (non-hydrogen) atoms. The number of ether oxygens (including phenoxy) is 2. The Hall–Kier alpha value is -3.15. The van der Waals surface area contributed by atoms with Crippen LogP contribution in [0, 0.1) is 16.7 Å². The summed E-state index contributed by atoms with van der Waals surface area (Å²) in [5.41, 5.74) is 11.4. The number of nitrogens with one attached hydrogen (secondary N) is 2. The van der Waals surface area contributed by atoms with Crippen LogP contribution in [0.3, 0.4) is 0 Å². The molecule has 0 saturated heterocycles. The van der Waals surface area contributed by atoms with Gasteiger partial charge >= 0.3 is 5.79 Å². The molecule has 0 aromatic heterocycles. The van der Waals surface area contributed by atoms with Gasteiger partial charge in [-0.3, -0.25) is 15.4 Å². The molecule has 2 rings (SSSR count). The zero-order valence-corrected chi connectivity index (χ0v) is 17.2. The molecule has 10 nitrogen and oxygen atoms in total. The highest BCUT2D eigenvalue weighted by atomic mass is 32.2. The lowest BCUT2D eigenvalue weighted by atomic mass is 9.97. The lowest BCUT2D eigenvalue weighted by Crippen LogP contribution is -2.61. The van der Waals surface area contributed by atoms with E-state index in [9.17, 15) is 8.42 Å². The topological polar surface area (TPSA) is 193 Å². The Morgan fingerprint density at radius 3 is 1.63 bits per heavy atom. The maximum Gasteiger partial charge on any atom is 0.319 e. The summed E-state index contributed by atoms with van der Waals surface area (Å²) >= 11 is 0. The van der Waals surface area contributed by atoms with Crippen molar-refractivity contribution in [2.24, 2.45) is 17.4 Å². The molecule has 8 N–H and O–H groups in total. The Morgan fingerprint density at radius 1 is 1.00 bits per heavy atom. The molecule has 1 unspecified atom stereocenters. The summed E-state index contributed by atoms with van der Waals surface area (Å²) in [5.74, 6) is -2.67. The van der Waals surface area contributed by atoms with E-state index in [1.807, 2.05) is 12.1 Å². The predicted octanol–water partition coefficient (Wildman–Crippen LogP) is 1.22. The Kier molecular flexibility index (Phi) is 9.24. The number of aliphatic hydroxyl groups is 1. The van der Waals surface area contributed by atoms with Crippen molar-refractivity contribution < 1.29 is 27.6 Å². The first-order chi connectivity index (χ1) is 14.0. The Bertz CT molecular complexity index is 881. The van der Waals surface area contributed by atoms with Gasteiger partial charge in [0.05, 0.1) is 18.3 Å². The van der Waals surface area contributed by atoms with E-state index >= 15 is 0 Å². The van der Waals surface area contributed by atoms with Crippen LogP contribution in [0.15, 0.2) is 60.7 Å². The molecule has 0 aliphatic heterocycles. The van der Waals surface area contributed by atoms with E-state index in [0.717, 1.165) is 0 Å². The van der Waals surface area contributed by atoms with Crippen LogP contribution in [0.1, 0.15) is 6.92 Å². The van der Waals surface area contributed by atoms with Crippen LogP contribution in [0.2, 0.25) is 0 Å². The quantitative estimate of drug-likeness (QED) is 0.145. The molecule has 0 fully saturated rings. The average Bonchev–Trinajstić information content (AvgIpc) is 2.67. The first-order valence-electron chi connectivity index (χ1n) is 8.74. The van der Waals surface area contributed by atoms with Crippen LogP contribution in [0.4, 0.5) is 0 Å². The van der Waals surface area contributed by atoms with E-state index in [1.54, 1.807) is 55.5 Å². The molecule has 0 aliphatic carbocycles. The van der Waals surface area contributed by atoms with Gasteiger partial charge in [-0.2, -0.15) is 8.42 Å². The van der Waals surface area contributed by atoms with Gasteiger partial charge in [0.25, 0.3) is 10.1 Å². The lowest BCUT2D eigenvalue weighted by molar-refractivity contribution is -0.0758. The van der Waals surface area contributed by atoms with Gasteiger partial charge in [-0.25, -0.2) is 0 Å². The van der Waals surface area contributed by atoms with Crippen molar-refractivity contribution >= 4 is 21.8 Å². The number of rotatable bonds is 9. The van der Waals surface area contributed by atoms with Crippen molar-refractivity contribution in [3.8, 4) is 11.5 Å². The SMILES string of the molecule is CC(C(=N)N)C(Oc1ccccc1)(Oc1ccccc1)C(=N)N.O=S(=O)(O)CCO. The number of benzene rings is 2. The van der Waals surface area contributed by atoms with Crippen molar-refractivity contribution in [1.82, 2.24) is 0 Å². The van der Waals surface area contributed by atoms with Crippen LogP contribution in [-0.4, -0.2) is 47.9 Å². The fourth-order valence-electron chi connectivity index (χ4n) is 2.19. The molecule has 0 amide bonds. The smallest absolute Gasteiger partial charge is 0.319 e. The molecule has 0 heterocycles. The summed E-state index contributed by atoms with van der Waals surface area (Å²) in [5, 5.41) is 23.6. The molecule has 0 bridgehead atoms. The third kappa shape index (κ3) is 7.70. The number of nitrogens with two attached hydrogens (primary N) is 2. The van der Waals surface area contributed by atoms with E-state index in [4.69, 9.17) is 41.4 Å². The molecule has 0 aliphatic rings. The van der Waals surface area contributed by atoms with E-state index < -0.39 is 34.2 Å². The minimum Gasteiger partial charge on any atom is -0.445 e. The van der Waals surface area contributed by atoms with Crippen LogP contribution in [0.5, 0.6) is 11.5 Å². The second-order valence-corrected chi connectivity index (χ2v) is 7.67. The molecule has 1 atom stereocenters. The fraction of sp³-hybridized carbons (Fsp3) is 0.263. The molecule has 0 saturated carbocycles.